The molecule has 3 aromatic rings. The summed E-state index contributed by atoms with van der Waals surface area (Å²) in [5, 5.41) is 11.4. The number of hydrogen-bond donors (Lipinski definition) is 2. The van der Waals surface area contributed by atoms with Gasteiger partial charge in [-0.1, -0.05) is 60.7 Å². The van der Waals surface area contributed by atoms with Gasteiger partial charge in [0, 0.05) is 12.5 Å². The first kappa shape index (κ1) is 20.5. The summed E-state index contributed by atoms with van der Waals surface area (Å²) in [5.74, 6) is -0.483. The molecule has 0 saturated carbocycles. The van der Waals surface area contributed by atoms with Crippen molar-refractivity contribution in [2.75, 3.05) is 19.8 Å². The SMILES string of the molecule is O=C(O)COc1ccc(CCNC(=O)OCC2c3ccccc3-c3ccccc32)cc1. The molecule has 31 heavy (non-hydrogen) atoms. The van der Waals surface area contributed by atoms with Gasteiger partial charge in [0.25, 0.3) is 0 Å². The van der Waals surface area contributed by atoms with Crippen molar-refractivity contribution >= 4 is 12.1 Å². The van der Waals surface area contributed by atoms with Gasteiger partial charge in [0.15, 0.2) is 6.61 Å². The second-order valence-electron chi connectivity index (χ2n) is 7.33. The molecule has 6 nitrogen and oxygen atoms in total. The lowest BCUT2D eigenvalue weighted by Gasteiger charge is -2.14. The zero-order chi connectivity index (χ0) is 21.6. The fourth-order valence-corrected chi connectivity index (χ4v) is 3.86. The molecule has 4 rings (SSSR count). The number of amides is 1. The minimum atomic E-state index is -1.02. The van der Waals surface area contributed by atoms with Crippen molar-refractivity contribution in [2.45, 2.75) is 12.3 Å². The van der Waals surface area contributed by atoms with Crippen LogP contribution in [0.25, 0.3) is 11.1 Å². The molecule has 0 radical (unpaired) electrons. The molecule has 0 spiro atoms. The Morgan fingerprint density at radius 2 is 1.48 bits per heavy atom. The standard InChI is InChI=1S/C25H23NO5/c27-24(28)16-30-18-11-9-17(10-12-18)13-14-26-25(29)31-15-23-21-7-3-1-5-19(21)20-6-2-4-8-22(20)23/h1-12,23H,13-16H2,(H,26,29)(H,27,28). The van der Waals surface area contributed by atoms with E-state index in [0.717, 1.165) is 5.56 Å². The summed E-state index contributed by atoms with van der Waals surface area (Å²) >= 11 is 0. The van der Waals surface area contributed by atoms with Crippen LogP contribution in [0.1, 0.15) is 22.6 Å². The smallest absolute Gasteiger partial charge is 0.407 e. The minimum absolute atomic E-state index is 0.0384. The maximum Gasteiger partial charge on any atom is 0.407 e. The third-order valence-electron chi connectivity index (χ3n) is 5.31. The van der Waals surface area contributed by atoms with Gasteiger partial charge >= 0.3 is 12.1 Å². The highest BCUT2D eigenvalue weighted by Gasteiger charge is 2.28. The lowest BCUT2D eigenvalue weighted by atomic mass is 9.98. The summed E-state index contributed by atoms with van der Waals surface area (Å²) in [6.07, 6.45) is 0.187. The van der Waals surface area contributed by atoms with E-state index >= 15 is 0 Å². The molecule has 0 aliphatic heterocycles. The maximum absolute atomic E-state index is 12.2. The minimum Gasteiger partial charge on any atom is -0.482 e. The highest BCUT2D eigenvalue weighted by atomic mass is 16.5. The Hall–Kier alpha value is -3.80. The number of carboxylic acids is 1. The number of fused-ring (bicyclic) bond motifs is 3. The van der Waals surface area contributed by atoms with E-state index in [1.54, 1.807) is 12.1 Å². The van der Waals surface area contributed by atoms with Crippen molar-refractivity contribution in [3.63, 3.8) is 0 Å². The van der Waals surface area contributed by atoms with E-state index in [1.165, 1.54) is 22.3 Å². The summed E-state index contributed by atoms with van der Waals surface area (Å²) in [5.41, 5.74) is 5.76. The van der Waals surface area contributed by atoms with E-state index in [0.29, 0.717) is 18.7 Å². The molecule has 1 amide bonds. The molecule has 3 aromatic carbocycles. The Morgan fingerprint density at radius 1 is 0.871 bits per heavy atom. The first-order valence-corrected chi connectivity index (χ1v) is 10.1. The van der Waals surface area contributed by atoms with Crippen LogP contribution < -0.4 is 10.1 Å². The Bertz CT molecular complexity index is 1030. The van der Waals surface area contributed by atoms with Crippen LogP contribution in [0.4, 0.5) is 4.79 Å². The molecular weight excluding hydrogens is 394 g/mol. The van der Waals surface area contributed by atoms with Crippen LogP contribution in [0.2, 0.25) is 0 Å². The highest BCUT2D eigenvalue weighted by molar-refractivity contribution is 5.79. The zero-order valence-corrected chi connectivity index (χ0v) is 16.9. The Balaban J connectivity index is 1.26. The van der Waals surface area contributed by atoms with Gasteiger partial charge in [0.2, 0.25) is 0 Å². The molecule has 158 valence electrons. The number of carboxylic acid groups (broad SMARTS) is 1. The number of hydrogen-bond acceptors (Lipinski definition) is 4. The number of carbonyl (C=O) groups excluding carboxylic acids is 1. The number of nitrogens with one attached hydrogen (secondary N) is 1. The molecule has 0 bridgehead atoms. The van der Waals surface area contributed by atoms with Crippen LogP contribution in [-0.4, -0.2) is 36.9 Å². The summed E-state index contributed by atoms with van der Waals surface area (Å²) in [4.78, 5) is 22.7. The highest BCUT2D eigenvalue weighted by Crippen LogP contribution is 2.44. The van der Waals surface area contributed by atoms with Crippen LogP contribution in [0.3, 0.4) is 0 Å². The van der Waals surface area contributed by atoms with E-state index in [9.17, 15) is 9.59 Å². The van der Waals surface area contributed by atoms with E-state index in [-0.39, 0.29) is 19.1 Å². The summed E-state index contributed by atoms with van der Waals surface area (Å²) in [6.45, 7) is 0.351. The number of rotatable bonds is 8. The van der Waals surface area contributed by atoms with Gasteiger partial charge in [-0.25, -0.2) is 9.59 Å². The quantitative estimate of drug-likeness (QED) is 0.573. The van der Waals surface area contributed by atoms with Crippen molar-refractivity contribution in [3.8, 4) is 16.9 Å². The topological polar surface area (TPSA) is 84.9 Å². The lowest BCUT2D eigenvalue weighted by Crippen LogP contribution is -2.28. The number of aliphatic carboxylic acids is 1. The van der Waals surface area contributed by atoms with Gasteiger partial charge in [-0.3, -0.25) is 0 Å². The average Bonchev–Trinajstić information content (AvgIpc) is 3.11. The summed E-state index contributed by atoms with van der Waals surface area (Å²) in [7, 11) is 0. The average molecular weight is 417 g/mol. The van der Waals surface area contributed by atoms with Crippen molar-refractivity contribution in [1.29, 1.82) is 0 Å². The summed E-state index contributed by atoms with van der Waals surface area (Å²) < 4.78 is 10.6. The first-order valence-electron chi connectivity index (χ1n) is 10.1. The molecule has 6 heteroatoms. The molecule has 2 N–H and O–H groups in total. The third kappa shape index (κ3) is 4.86. The molecule has 0 atom stereocenters. The number of carbonyl (C=O) groups is 2. The molecule has 1 aliphatic carbocycles. The molecular formula is C25H23NO5. The van der Waals surface area contributed by atoms with Crippen LogP contribution >= 0.6 is 0 Å². The van der Waals surface area contributed by atoms with Gasteiger partial charge in [-0.15, -0.1) is 0 Å². The van der Waals surface area contributed by atoms with Crippen molar-refractivity contribution in [3.05, 3.63) is 89.5 Å². The Morgan fingerprint density at radius 3 is 2.10 bits per heavy atom. The zero-order valence-electron chi connectivity index (χ0n) is 16.9. The number of ether oxygens (including phenoxy) is 2. The van der Waals surface area contributed by atoms with Gasteiger partial charge in [-0.05, 0) is 46.4 Å². The molecule has 1 aliphatic rings. The van der Waals surface area contributed by atoms with Crippen LogP contribution in [0.5, 0.6) is 5.75 Å². The van der Waals surface area contributed by atoms with E-state index < -0.39 is 12.1 Å². The second kappa shape index (κ2) is 9.34. The van der Waals surface area contributed by atoms with Gasteiger partial charge in [0.05, 0.1) is 0 Å². The Kier molecular flexibility index (Phi) is 6.17. The molecule has 0 heterocycles. The number of benzene rings is 3. The normalized spacial score (nSPS) is 12.0. The van der Waals surface area contributed by atoms with Gasteiger partial charge in [0.1, 0.15) is 12.4 Å². The fraction of sp³-hybridized carbons (Fsp3) is 0.200. The largest absolute Gasteiger partial charge is 0.482 e. The Labute approximate surface area is 180 Å². The molecule has 0 fully saturated rings. The molecule has 0 aromatic heterocycles. The van der Waals surface area contributed by atoms with Gasteiger partial charge < -0.3 is 19.9 Å². The lowest BCUT2D eigenvalue weighted by molar-refractivity contribution is -0.139. The predicted molar refractivity (Wildman–Crippen MR) is 116 cm³/mol. The second-order valence-corrected chi connectivity index (χ2v) is 7.33. The third-order valence-corrected chi connectivity index (χ3v) is 5.31. The molecule has 0 saturated heterocycles. The van der Waals surface area contributed by atoms with Crippen LogP contribution in [0.15, 0.2) is 72.8 Å². The maximum atomic E-state index is 12.2. The van der Waals surface area contributed by atoms with E-state index in [2.05, 4.69) is 29.6 Å². The van der Waals surface area contributed by atoms with Crippen molar-refractivity contribution in [2.24, 2.45) is 0 Å². The fourth-order valence-electron chi connectivity index (χ4n) is 3.86. The summed E-state index contributed by atoms with van der Waals surface area (Å²) in [6, 6.07) is 23.6. The van der Waals surface area contributed by atoms with Gasteiger partial charge in [-0.2, -0.15) is 0 Å². The van der Waals surface area contributed by atoms with Crippen LogP contribution in [-0.2, 0) is 16.0 Å². The van der Waals surface area contributed by atoms with Crippen LogP contribution in [0, 0.1) is 0 Å². The van der Waals surface area contributed by atoms with E-state index in [1.807, 2.05) is 36.4 Å². The monoisotopic (exact) mass is 417 g/mol. The van der Waals surface area contributed by atoms with Crippen molar-refractivity contribution < 1.29 is 24.2 Å². The number of alkyl carbamates (subject to hydrolysis) is 1. The molecule has 0 unspecified atom stereocenters. The predicted octanol–water partition coefficient (Wildman–Crippen LogP) is 4.23. The van der Waals surface area contributed by atoms with E-state index in [4.69, 9.17) is 14.6 Å². The van der Waals surface area contributed by atoms with Crippen molar-refractivity contribution in [1.82, 2.24) is 5.32 Å². The first-order chi connectivity index (χ1) is 15.1.